The topological polar surface area (TPSA) is 112 Å². The van der Waals surface area contributed by atoms with Crippen LogP contribution in [0.4, 0.5) is 0 Å². The molecule has 0 aliphatic heterocycles. The second kappa shape index (κ2) is 14.9. The molecule has 0 atom stereocenters. The molecule has 0 saturated carbocycles. The summed E-state index contributed by atoms with van der Waals surface area (Å²) in [6.07, 6.45) is 2.11. The zero-order valence-electron chi connectivity index (χ0n) is 9.99. The molecule has 5 nitrogen and oxygen atoms in total. The Balaban J connectivity index is -0.0000000800. The van der Waals surface area contributed by atoms with E-state index in [0.29, 0.717) is 0 Å². The van der Waals surface area contributed by atoms with Gasteiger partial charge in [-0.3, -0.25) is 9.59 Å². The van der Waals surface area contributed by atoms with Crippen molar-refractivity contribution in [2.45, 2.75) is 27.7 Å². The standard InChI is InChI=1S/2C5H8O2.H2O.Sr/c2*1-4(6)3-5(2)7;;/h2*3,6H,1-2H3;1H2;/q;;;+2/p-2/b2*4-3+;;. The third-order valence-electron chi connectivity index (χ3n) is 0.813. The fourth-order valence-electron chi connectivity index (χ4n) is 0.572. The largest absolute Gasteiger partial charge is 2.00 e. The molecule has 0 unspecified atom stereocenters. The molecule has 0 aromatic heterocycles. The summed E-state index contributed by atoms with van der Waals surface area (Å²) >= 11 is 0. The summed E-state index contributed by atoms with van der Waals surface area (Å²) in [6, 6.07) is 0. The minimum Gasteiger partial charge on any atom is -0.876 e. The minimum atomic E-state index is -0.187. The van der Waals surface area contributed by atoms with Gasteiger partial charge >= 0.3 is 45.5 Å². The molecule has 0 rings (SSSR count). The average Bonchev–Trinajstić information content (AvgIpc) is 1.79. The molecule has 0 aromatic carbocycles. The Bertz CT molecular complexity index is 232. The molecule has 0 bridgehead atoms. The Labute approximate surface area is 132 Å². The van der Waals surface area contributed by atoms with Crippen LogP contribution in [0, 0.1) is 0 Å². The van der Waals surface area contributed by atoms with Crippen molar-refractivity contribution in [2.75, 3.05) is 0 Å². The molecule has 16 heavy (non-hydrogen) atoms. The van der Waals surface area contributed by atoms with Gasteiger partial charge in [0.1, 0.15) is 0 Å². The smallest absolute Gasteiger partial charge is 0.876 e. The van der Waals surface area contributed by atoms with E-state index in [1.54, 1.807) is 0 Å². The van der Waals surface area contributed by atoms with Crippen LogP contribution in [0.25, 0.3) is 0 Å². The Kier molecular flexibility index (Phi) is 23.1. The monoisotopic (exact) mass is 304 g/mol. The first-order chi connectivity index (χ1) is 6.25. The summed E-state index contributed by atoms with van der Waals surface area (Å²) in [4.78, 5) is 20.0. The van der Waals surface area contributed by atoms with Crippen molar-refractivity contribution in [2.24, 2.45) is 0 Å². The van der Waals surface area contributed by atoms with E-state index in [0.717, 1.165) is 12.2 Å². The summed E-state index contributed by atoms with van der Waals surface area (Å²) in [5.41, 5.74) is 0. The first-order valence-corrected chi connectivity index (χ1v) is 3.97. The molecule has 0 heterocycles. The van der Waals surface area contributed by atoms with Crippen LogP contribution in [0.3, 0.4) is 0 Å². The van der Waals surface area contributed by atoms with Gasteiger partial charge in [-0.1, -0.05) is 13.8 Å². The molecule has 0 spiro atoms. The number of allylic oxidation sites excluding steroid dienone is 4. The van der Waals surface area contributed by atoms with Gasteiger partial charge in [-0.05, 0) is 26.0 Å². The molecule has 0 aliphatic rings. The summed E-state index contributed by atoms with van der Waals surface area (Å²) in [7, 11) is 0. The van der Waals surface area contributed by atoms with Gasteiger partial charge in [0.05, 0.1) is 0 Å². The molecule has 0 radical (unpaired) electrons. The van der Waals surface area contributed by atoms with Crippen LogP contribution in [0.15, 0.2) is 23.7 Å². The predicted octanol–water partition coefficient (Wildman–Crippen LogP) is -1.53. The third kappa shape index (κ3) is 37.1. The second-order valence-electron chi connectivity index (χ2n) is 2.73. The summed E-state index contributed by atoms with van der Waals surface area (Å²) in [5.74, 6) is -0.750. The van der Waals surface area contributed by atoms with E-state index in [2.05, 4.69) is 0 Å². The van der Waals surface area contributed by atoms with Crippen LogP contribution < -0.4 is 10.2 Å². The van der Waals surface area contributed by atoms with Gasteiger partial charge in [-0.15, -0.1) is 11.5 Å². The first-order valence-electron chi connectivity index (χ1n) is 3.97. The number of rotatable bonds is 2. The zero-order valence-corrected chi connectivity index (χ0v) is 13.5. The van der Waals surface area contributed by atoms with Crippen LogP contribution in [-0.2, 0) is 9.59 Å². The summed E-state index contributed by atoms with van der Waals surface area (Å²) in [5, 5.41) is 20.0. The molecule has 0 fully saturated rings. The minimum absolute atomic E-state index is 0. The number of hydrogen-bond donors (Lipinski definition) is 0. The summed E-state index contributed by atoms with van der Waals surface area (Å²) < 4.78 is 0. The molecule has 0 saturated heterocycles. The van der Waals surface area contributed by atoms with Gasteiger partial charge in [-0.25, -0.2) is 0 Å². The van der Waals surface area contributed by atoms with Gasteiger partial charge in [-0.2, -0.15) is 0 Å². The van der Waals surface area contributed by atoms with Crippen molar-refractivity contribution in [3.63, 3.8) is 0 Å². The molecular weight excluding hydrogens is 288 g/mol. The molecule has 0 aromatic rings. The maximum atomic E-state index is 9.98. The van der Waals surface area contributed by atoms with Crippen LogP contribution >= 0.6 is 0 Å². The first kappa shape index (κ1) is 24.9. The Hall–Kier alpha value is -0.139. The maximum absolute atomic E-state index is 9.98. The van der Waals surface area contributed by atoms with Crippen molar-refractivity contribution in [3.05, 3.63) is 23.7 Å². The van der Waals surface area contributed by atoms with E-state index in [9.17, 15) is 19.8 Å². The van der Waals surface area contributed by atoms with E-state index in [4.69, 9.17) is 0 Å². The van der Waals surface area contributed by atoms with Gasteiger partial charge in [0.15, 0.2) is 11.6 Å². The Morgan fingerprint density at radius 3 is 1.00 bits per heavy atom. The third-order valence-corrected chi connectivity index (χ3v) is 0.813. The normalized spacial score (nSPS) is 10.0. The molecule has 88 valence electrons. The van der Waals surface area contributed by atoms with Crippen LogP contribution in [0.5, 0.6) is 0 Å². The average molecular weight is 304 g/mol. The maximum Gasteiger partial charge on any atom is 2.00 e. The van der Waals surface area contributed by atoms with Crippen LogP contribution in [-0.4, -0.2) is 62.5 Å². The Morgan fingerprint density at radius 2 is 1.00 bits per heavy atom. The van der Waals surface area contributed by atoms with Crippen LogP contribution in [0.2, 0.25) is 0 Å². The van der Waals surface area contributed by atoms with Crippen molar-refractivity contribution < 1.29 is 25.3 Å². The molecule has 6 heteroatoms. The van der Waals surface area contributed by atoms with E-state index in [1.807, 2.05) is 0 Å². The SMILES string of the molecule is CC(=O)/C=C(\C)[O-].CC(=O)/C=C(\C)[O-].O.[Sr+2]. The molecular formula is C10H16O5Sr. The van der Waals surface area contributed by atoms with Gasteiger partial charge < -0.3 is 15.7 Å². The van der Waals surface area contributed by atoms with Gasteiger partial charge in [0, 0.05) is 0 Å². The second-order valence-corrected chi connectivity index (χ2v) is 2.73. The number of carbonyl (C=O) groups excluding carboxylic acids is 2. The van der Waals surface area contributed by atoms with Gasteiger partial charge in [0.25, 0.3) is 0 Å². The number of hydrogen-bond acceptors (Lipinski definition) is 4. The quantitative estimate of drug-likeness (QED) is 0.350. The fourth-order valence-corrected chi connectivity index (χ4v) is 0.572. The molecule has 2 N–H and O–H groups in total. The van der Waals surface area contributed by atoms with Crippen molar-refractivity contribution in [3.8, 4) is 0 Å². The van der Waals surface area contributed by atoms with Gasteiger partial charge in [0.2, 0.25) is 0 Å². The van der Waals surface area contributed by atoms with Crippen molar-refractivity contribution >= 4 is 57.0 Å². The van der Waals surface area contributed by atoms with Crippen LogP contribution in [0.1, 0.15) is 27.7 Å². The number of ketones is 2. The van der Waals surface area contributed by atoms with E-state index in [1.165, 1.54) is 27.7 Å². The molecule has 0 amide bonds. The summed E-state index contributed by atoms with van der Waals surface area (Å²) in [6.45, 7) is 5.39. The van der Waals surface area contributed by atoms with E-state index in [-0.39, 0.29) is 74.0 Å². The Morgan fingerprint density at radius 1 is 0.812 bits per heavy atom. The van der Waals surface area contributed by atoms with E-state index >= 15 is 0 Å². The van der Waals surface area contributed by atoms with Crippen molar-refractivity contribution in [1.82, 2.24) is 0 Å². The zero-order chi connectivity index (χ0) is 11.7. The predicted molar refractivity (Wildman–Crippen MR) is 58.2 cm³/mol. The number of carbonyl (C=O) groups is 2. The molecule has 0 aliphatic carbocycles. The van der Waals surface area contributed by atoms with Crippen molar-refractivity contribution in [1.29, 1.82) is 0 Å². The van der Waals surface area contributed by atoms with E-state index < -0.39 is 0 Å². The fraction of sp³-hybridized carbons (Fsp3) is 0.400.